The van der Waals surface area contributed by atoms with E-state index < -0.39 is 33.8 Å². The summed E-state index contributed by atoms with van der Waals surface area (Å²) >= 11 is 0. The van der Waals surface area contributed by atoms with Crippen LogP contribution in [0.1, 0.15) is 0 Å². The van der Waals surface area contributed by atoms with E-state index in [-0.39, 0.29) is 28.4 Å². The molecule has 0 aliphatic heterocycles. The van der Waals surface area contributed by atoms with Gasteiger partial charge in [-0.25, -0.2) is 0 Å². The molecule has 0 unspecified atom stereocenters. The Kier molecular flexibility index (Phi) is 3.37. The van der Waals surface area contributed by atoms with Gasteiger partial charge in [-0.15, -0.1) is 0 Å². The van der Waals surface area contributed by atoms with E-state index in [9.17, 15) is 30.3 Å². The highest BCUT2D eigenvalue weighted by Crippen LogP contribution is 2.42. The van der Waals surface area contributed by atoms with E-state index in [1.165, 1.54) is 25.3 Å². The molecule has 24 heavy (non-hydrogen) atoms. The van der Waals surface area contributed by atoms with Crippen LogP contribution in [0.4, 0.5) is 0 Å². The van der Waals surface area contributed by atoms with Gasteiger partial charge in [-0.05, 0) is 18.2 Å². The summed E-state index contributed by atoms with van der Waals surface area (Å²) in [6.07, 6.45) is 0. The quantitative estimate of drug-likeness (QED) is 0.449. The number of aromatic hydroxyl groups is 5. The number of hydrogen-bond acceptors (Lipinski definition) is 8. The van der Waals surface area contributed by atoms with Crippen LogP contribution < -0.4 is 10.2 Å². The second-order valence-corrected chi connectivity index (χ2v) is 4.96. The summed E-state index contributed by atoms with van der Waals surface area (Å²) in [4.78, 5) is 12.3. The largest absolute Gasteiger partial charge is 0.504 e. The zero-order valence-corrected chi connectivity index (χ0v) is 12.3. The molecule has 0 saturated heterocycles. The van der Waals surface area contributed by atoms with Crippen LogP contribution in [0, 0.1) is 0 Å². The molecule has 0 aliphatic carbocycles. The molecule has 3 aromatic rings. The topological polar surface area (TPSA) is 141 Å². The number of ether oxygens (including phenoxy) is 1. The van der Waals surface area contributed by atoms with E-state index in [0.29, 0.717) is 0 Å². The van der Waals surface area contributed by atoms with Crippen molar-refractivity contribution in [3.63, 3.8) is 0 Å². The monoisotopic (exact) mass is 332 g/mol. The summed E-state index contributed by atoms with van der Waals surface area (Å²) in [5.41, 5.74) is -1.10. The maximum Gasteiger partial charge on any atom is 0.238 e. The first-order valence-corrected chi connectivity index (χ1v) is 6.66. The lowest BCUT2D eigenvalue weighted by atomic mass is 10.1. The summed E-state index contributed by atoms with van der Waals surface area (Å²) in [5.74, 6) is -3.67. The third kappa shape index (κ3) is 2.12. The number of phenolic OH excluding ortho intramolecular Hbond substituents is 4. The van der Waals surface area contributed by atoms with E-state index >= 15 is 0 Å². The smallest absolute Gasteiger partial charge is 0.238 e. The van der Waals surface area contributed by atoms with Gasteiger partial charge in [0.1, 0.15) is 11.0 Å². The normalized spacial score (nSPS) is 10.9. The van der Waals surface area contributed by atoms with Crippen LogP contribution in [0.2, 0.25) is 0 Å². The molecule has 124 valence electrons. The number of methoxy groups -OCH3 is 1. The summed E-state index contributed by atoms with van der Waals surface area (Å²) in [6, 6.07) is 4.98. The summed E-state index contributed by atoms with van der Waals surface area (Å²) in [6.45, 7) is 0. The highest BCUT2D eigenvalue weighted by molar-refractivity contribution is 5.91. The molecule has 0 bridgehead atoms. The van der Waals surface area contributed by atoms with Crippen LogP contribution in [0.3, 0.4) is 0 Å². The lowest BCUT2D eigenvalue weighted by Crippen LogP contribution is -2.03. The summed E-state index contributed by atoms with van der Waals surface area (Å²) in [7, 11) is 1.36. The van der Waals surface area contributed by atoms with Gasteiger partial charge in [0.2, 0.25) is 16.9 Å². The minimum atomic E-state index is -1.01. The van der Waals surface area contributed by atoms with E-state index in [2.05, 4.69) is 0 Å². The van der Waals surface area contributed by atoms with Gasteiger partial charge < -0.3 is 34.7 Å². The second kappa shape index (κ2) is 5.27. The molecule has 1 aromatic heterocycles. The van der Waals surface area contributed by atoms with Crippen LogP contribution in [-0.2, 0) is 0 Å². The van der Waals surface area contributed by atoms with Crippen LogP contribution in [-0.4, -0.2) is 32.6 Å². The predicted octanol–water partition coefficient (Wildman–Crippen LogP) is 2.00. The fraction of sp³-hybridized carbons (Fsp3) is 0.0625. The molecule has 0 aliphatic rings. The molecular formula is C16H12O8. The minimum absolute atomic E-state index is 0.164. The van der Waals surface area contributed by atoms with Gasteiger partial charge in [-0.2, -0.15) is 0 Å². The zero-order valence-electron chi connectivity index (χ0n) is 12.3. The Bertz CT molecular complexity index is 1020. The molecule has 0 spiro atoms. The van der Waals surface area contributed by atoms with Gasteiger partial charge in [0, 0.05) is 11.6 Å². The summed E-state index contributed by atoms with van der Waals surface area (Å²) < 4.78 is 10.3. The SMILES string of the molecule is COc1ccc(-c2oc3cc(O)c(O)c(O)c3c(=O)c2O)cc1O. The van der Waals surface area contributed by atoms with Gasteiger partial charge in [-0.3, -0.25) is 4.79 Å². The van der Waals surface area contributed by atoms with Crippen molar-refractivity contribution in [3.8, 4) is 45.8 Å². The van der Waals surface area contributed by atoms with Crippen molar-refractivity contribution in [2.45, 2.75) is 0 Å². The fourth-order valence-electron chi connectivity index (χ4n) is 2.33. The molecule has 3 rings (SSSR count). The first-order valence-electron chi connectivity index (χ1n) is 6.66. The second-order valence-electron chi connectivity index (χ2n) is 4.96. The maximum atomic E-state index is 12.3. The molecule has 0 saturated carbocycles. The van der Waals surface area contributed by atoms with Crippen LogP contribution >= 0.6 is 0 Å². The van der Waals surface area contributed by atoms with Crippen LogP contribution in [0.15, 0.2) is 33.5 Å². The number of benzene rings is 2. The molecule has 1 heterocycles. The number of rotatable bonds is 2. The van der Waals surface area contributed by atoms with Crippen LogP contribution in [0.5, 0.6) is 34.5 Å². The Morgan fingerprint density at radius 2 is 1.62 bits per heavy atom. The van der Waals surface area contributed by atoms with Crippen LogP contribution in [0.25, 0.3) is 22.3 Å². The fourth-order valence-corrected chi connectivity index (χ4v) is 2.33. The van der Waals surface area contributed by atoms with Gasteiger partial charge >= 0.3 is 0 Å². The molecule has 8 heteroatoms. The molecule has 0 atom stereocenters. The van der Waals surface area contributed by atoms with Crippen molar-refractivity contribution in [1.29, 1.82) is 0 Å². The van der Waals surface area contributed by atoms with Crippen molar-refractivity contribution < 1.29 is 34.7 Å². The van der Waals surface area contributed by atoms with E-state index in [1.807, 2.05) is 0 Å². The Balaban J connectivity index is 2.35. The Hall–Kier alpha value is -3.55. The van der Waals surface area contributed by atoms with Crippen molar-refractivity contribution in [3.05, 3.63) is 34.5 Å². The zero-order chi connectivity index (χ0) is 17.6. The third-order valence-electron chi connectivity index (χ3n) is 3.53. The van der Waals surface area contributed by atoms with Crippen molar-refractivity contribution in [1.82, 2.24) is 0 Å². The number of phenols is 4. The average Bonchev–Trinajstić information content (AvgIpc) is 2.55. The van der Waals surface area contributed by atoms with Gasteiger partial charge in [0.25, 0.3) is 0 Å². The van der Waals surface area contributed by atoms with Gasteiger partial charge in [0.05, 0.1) is 7.11 Å². The third-order valence-corrected chi connectivity index (χ3v) is 3.53. The minimum Gasteiger partial charge on any atom is -0.504 e. The predicted molar refractivity (Wildman–Crippen MR) is 82.8 cm³/mol. The van der Waals surface area contributed by atoms with Crippen molar-refractivity contribution in [2.24, 2.45) is 0 Å². The summed E-state index contributed by atoms with van der Waals surface area (Å²) in [5, 5.41) is 48.2. The number of hydrogen-bond donors (Lipinski definition) is 5. The average molecular weight is 332 g/mol. The van der Waals surface area contributed by atoms with E-state index in [1.54, 1.807) is 0 Å². The molecule has 0 radical (unpaired) electrons. The lowest BCUT2D eigenvalue weighted by molar-refractivity contribution is 0.369. The molecule has 0 amide bonds. The standard InChI is InChI=1S/C16H12O8/c1-23-9-3-2-6(4-7(9)17)16-15(22)14(21)11-10(24-16)5-8(18)12(19)13(11)20/h2-5,17-20,22H,1H3. The Labute approximate surface area is 134 Å². The molecule has 0 fully saturated rings. The molecule has 5 N–H and O–H groups in total. The van der Waals surface area contributed by atoms with E-state index in [4.69, 9.17) is 9.15 Å². The first kappa shape index (κ1) is 15.3. The number of fused-ring (bicyclic) bond motifs is 1. The first-order chi connectivity index (χ1) is 11.3. The van der Waals surface area contributed by atoms with E-state index in [0.717, 1.165) is 6.07 Å². The Morgan fingerprint density at radius 1 is 0.917 bits per heavy atom. The molecule has 2 aromatic carbocycles. The van der Waals surface area contributed by atoms with Crippen molar-refractivity contribution >= 4 is 11.0 Å². The molecular weight excluding hydrogens is 320 g/mol. The van der Waals surface area contributed by atoms with Crippen molar-refractivity contribution in [2.75, 3.05) is 7.11 Å². The van der Waals surface area contributed by atoms with Gasteiger partial charge in [0.15, 0.2) is 28.8 Å². The highest BCUT2D eigenvalue weighted by atomic mass is 16.5. The molecule has 8 nitrogen and oxygen atoms in total. The highest BCUT2D eigenvalue weighted by Gasteiger charge is 2.22. The Morgan fingerprint density at radius 3 is 2.25 bits per heavy atom. The van der Waals surface area contributed by atoms with Gasteiger partial charge in [-0.1, -0.05) is 0 Å². The lowest BCUT2D eigenvalue weighted by Gasteiger charge is -2.10. The maximum absolute atomic E-state index is 12.3.